The summed E-state index contributed by atoms with van der Waals surface area (Å²) in [7, 11) is 0. The molecule has 2 aromatic carbocycles. The van der Waals surface area contributed by atoms with Gasteiger partial charge in [0.25, 0.3) is 5.91 Å². The van der Waals surface area contributed by atoms with Gasteiger partial charge in [-0.1, -0.05) is 15.9 Å². The molecule has 0 aliphatic heterocycles. The highest BCUT2D eigenvalue weighted by Crippen LogP contribution is 2.27. The Kier molecular flexibility index (Phi) is 4.65. The zero-order valence-corrected chi connectivity index (χ0v) is 14.3. The molecule has 3 nitrogen and oxygen atoms in total. The number of nitrogen functional groups attached to an aromatic ring is 1. The molecular weight excluding hydrogens is 440 g/mol. The molecule has 0 saturated carbocycles. The van der Waals surface area contributed by atoms with Gasteiger partial charge in [-0.15, -0.1) is 0 Å². The Morgan fingerprint density at radius 2 is 1.74 bits per heavy atom. The van der Waals surface area contributed by atoms with Crippen molar-refractivity contribution in [2.75, 3.05) is 11.1 Å². The van der Waals surface area contributed by atoms with Crippen LogP contribution in [-0.2, 0) is 0 Å². The molecule has 0 aliphatic carbocycles. The smallest absolute Gasteiger partial charge is 0.255 e. The van der Waals surface area contributed by atoms with Gasteiger partial charge in [0.15, 0.2) is 0 Å². The molecule has 0 unspecified atom stereocenters. The predicted molar refractivity (Wildman–Crippen MR) is 88.3 cm³/mol. The number of carbonyl (C=O) groups excluding carboxylic acids is 1. The Labute approximate surface area is 136 Å². The fourth-order valence-electron chi connectivity index (χ4n) is 1.46. The van der Waals surface area contributed by atoms with Crippen molar-refractivity contribution >= 4 is 65.1 Å². The average Bonchev–Trinajstić information content (AvgIpc) is 2.37. The zero-order chi connectivity index (χ0) is 14.0. The molecule has 0 radical (unpaired) electrons. The fraction of sp³-hybridized carbons (Fsp3) is 0. The molecule has 19 heavy (non-hydrogen) atoms. The van der Waals surface area contributed by atoms with Crippen LogP contribution in [0.5, 0.6) is 0 Å². The van der Waals surface area contributed by atoms with Gasteiger partial charge in [0.2, 0.25) is 0 Å². The highest BCUT2D eigenvalue weighted by Gasteiger charge is 2.10. The molecule has 1 amide bonds. The summed E-state index contributed by atoms with van der Waals surface area (Å²) in [6.07, 6.45) is 0. The number of carbonyl (C=O) groups is 1. The quantitative estimate of drug-likeness (QED) is 0.648. The minimum atomic E-state index is -0.195. The Bertz CT molecular complexity index is 644. The Morgan fingerprint density at radius 3 is 2.42 bits per heavy atom. The van der Waals surface area contributed by atoms with E-state index in [0.717, 1.165) is 8.95 Å². The van der Waals surface area contributed by atoms with Gasteiger partial charge in [-0.25, -0.2) is 0 Å². The lowest BCUT2D eigenvalue weighted by molar-refractivity contribution is 0.102. The lowest BCUT2D eigenvalue weighted by atomic mass is 10.2. The molecule has 3 N–H and O–H groups in total. The van der Waals surface area contributed by atoms with E-state index in [1.165, 1.54) is 0 Å². The van der Waals surface area contributed by atoms with Crippen molar-refractivity contribution in [2.24, 2.45) is 0 Å². The topological polar surface area (TPSA) is 55.1 Å². The summed E-state index contributed by atoms with van der Waals surface area (Å²) < 4.78 is 2.41. The molecule has 0 atom stereocenters. The minimum Gasteiger partial charge on any atom is -0.398 e. The highest BCUT2D eigenvalue weighted by atomic mass is 79.9. The number of rotatable bonds is 2. The zero-order valence-electron chi connectivity index (χ0n) is 9.58. The fourth-order valence-corrected chi connectivity index (χ4v) is 2.54. The molecule has 98 valence electrons. The van der Waals surface area contributed by atoms with Crippen LogP contribution >= 0.6 is 47.8 Å². The second-order valence-electron chi connectivity index (χ2n) is 3.81. The van der Waals surface area contributed by atoms with Gasteiger partial charge in [0, 0.05) is 24.7 Å². The summed E-state index contributed by atoms with van der Waals surface area (Å²) in [4.78, 5) is 12.1. The first-order valence-corrected chi connectivity index (χ1v) is 7.66. The van der Waals surface area contributed by atoms with Crippen molar-refractivity contribution < 1.29 is 4.79 Å². The molecule has 0 saturated heterocycles. The average molecular weight is 449 g/mol. The van der Waals surface area contributed by atoms with E-state index in [9.17, 15) is 4.79 Å². The molecule has 6 heteroatoms. The first-order valence-electron chi connectivity index (χ1n) is 5.29. The van der Waals surface area contributed by atoms with Gasteiger partial charge in [-0.3, -0.25) is 4.79 Å². The number of hydrogen-bond acceptors (Lipinski definition) is 2. The molecule has 0 spiro atoms. The Morgan fingerprint density at radius 1 is 1.00 bits per heavy atom. The largest absolute Gasteiger partial charge is 0.398 e. The van der Waals surface area contributed by atoms with Crippen molar-refractivity contribution in [3.8, 4) is 0 Å². The van der Waals surface area contributed by atoms with Crippen LogP contribution in [0.25, 0.3) is 0 Å². The molecule has 0 aromatic heterocycles. The van der Waals surface area contributed by atoms with Gasteiger partial charge < -0.3 is 11.1 Å². The van der Waals surface area contributed by atoms with Crippen LogP contribution in [0.1, 0.15) is 10.4 Å². The number of hydrogen-bond donors (Lipinski definition) is 2. The second kappa shape index (κ2) is 6.07. The predicted octanol–water partition coefficient (Wildman–Crippen LogP) is 4.81. The summed E-state index contributed by atoms with van der Waals surface area (Å²) in [5, 5.41) is 2.84. The van der Waals surface area contributed by atoms with Crippen molar-refractivity contribution in [1.82, 2.24) is 0 Å². The lowest BCUT2D eigenvalue weighted by Gasteiger charge is -2.09. The number of nitrogens with two attached hydrogens (primary N) is 1. The monoisotopic (exact) mass is 446 g/mol. The van der Waals surface area contributed by atoms with E-state index >= 15 is 0 Å². The summed E-state index contributed by atoms with van der Waals surface area (Å²) in [6, 6.07) is 10.6. The first kappa shape index (κ1) is 14.6. The first-order chi connectivity index (χ1) is 8.97. The van der Waals surface area contributed by atoms with E-state index in [2.05, 4.69) is 53.1 Å². The van der Waals surface area contributed by atoms with Crippen LogP contribution in [0.15, 0.2) is 49.8 Å². The maximum absolute atomic E-state index is 12.1. The number of halogens is 3. The Hall–Kier alpha value is -0.850. The van der Waals surface area contributed by atoms with Gasteiger partial charge in [0.05, 0.1) is 5.69 Å². The molecule has 2 aromatic rings. The lowest BCUT2D eigenvalue weighted by Crippen LogP contribution is -2.12. The van der Waals surface area contributed by atoms with Gasteiger partial charge in [-0.2, -0.15) is 0 Å². The molecule has 0 heterocycles. The normalized spacial score (nSPS) is 10.3. The third kappa shape index (κ3) is 3.58. The third-order valence-corrected chi connectivity index (χ3v) is 4.31. The maximum Gasteiger partial charge on any atom is 0.255 e. The molecule has 0 bridgehead atoms. The van der Waals surface area contributed by atoms with Crippen molar-refractivity contribution in [3.05, 3.63) is 55.4 Å². The van der Waals surface area contributed by atoms with Crippen LogP contribution < -0.4 is 11.1 Å². The number of nitrogens with one attached hydrogen (secondary N) is 1. The SMILES string of the molecule is Nc1ccc(C(=O)Nc2cc(Br)ccc2Br)cc1Br. The maximum atomic E-state index is 12.1. The van der Waals surface area contributed by atoms with E-state index in [1.807, 2.05) is 18.2 Å². The van der Waals surface area contributed by atoms with E-state index in [1.54, 1.807) is 18.2 Å². The van der Waals surface area contributed by atoms with E-state index in [0.29, 0.717) is 21.4 Å². The minimum absolute atomic E-state index is 0.195. The van der Waals surface area contributed by atoms with Crippen LogP contribution in [0.3, 0.4) is 0 Å². The van der Waals surface area contributed by atoms with Gasteiger partial charge in [0.1, 0.15) is 0 Å². The van der Waals surface area contributed by atoms with Crippen LogP contribution in [0.4, 0.5) is 11.4 Å². The van der Waals surface area contributed by atoms with Crippen LogP contribution in [0, 0.1) is 0 Å². The Balaban J connectivity index is 2.25. The van der Waals surface area contributed by atoms with Crippen molar-refractivity contribution in [3.63, 3.8) is 0 Å². The van der Waals surface area contributed by atoms with E-state index < -0.39 is 0 Å². The van der Waals surface area contributed by atoms with Crippen molar-refractivity contribution in [2.45, 2.75) is 0 Å². The van der Waals surface area contributed by atoms with Crippen LogP contribution in [-0.4, -0.2) is 5.91 Å². The summed E-state index contributed by atoms with van der Waals surface area (Å²) in [6.45, 7) is 0. The molecule has 0 aliphatic rings. The summed E-state index contributed by atoms with van der Waals surface area (Å²) in [5.74, 6) is -0.195. The number of anilines is 2. The van der Waals surface area contributed by atoms with Crippen LogP contribution in [0.2, 0.25) is 0 Å². The summed E-state index contributed by atoms with van der Waals surface area (Å²) in [5.41, 5.74) is 7.53. The second-order valence-corrected chi connectivity index (χ2v) is 6.44. The number of amides is 1. The van der Waals surface area contributed by atoms with E-state index in [-0.39, 0.29) is 5.91 Å². The summed E-state index contributed by atoms with van der Waals surface area (Å²) >= 11 is 10.1. The third-order valence-electron chi connectivity index (χ3n) is 2.44. The molecule has 2 rings (SSSR count). The molecular formula is C13H9Br3N2O. The van der Waals surface area contributed by atoms with Gasteiger partial charge in [-0.05, 0) is 68.3 Å². The standard InChI is InChI=1S/C13H9Br3N2O/c14-8-2-3-9(15)12(6-8)18-13(19)7-1-4-11(17)10(16)5-7/h1-6H,17H2,(H,18,19). The highest BCUT2D eigenvalue weighted by molar-refractivity contribution is 9.11. The van der Waals surface area contributed by atoms with Crippen molar-refractivity contribution in [1.29, 1.82) is 0 Å². The number of benzene rings is 2. The molecule has 0 fully saturated rings. The van der Waals surface area contributed by atoms with Gasteiger partial charge >= 0.3 is 0 Å². The van der Waals surface area contributed by atoms with E-state index in [4.69, 9.17) is 5.73 Å².